The molecule has 1 aliphatic rings. The highest BCUT2D eigenvalue weighted by Crippen LogP contribution is 2.06. The van der Waals surface area contributed by atoms with Crippen LogP contribution in [0.25, 0.3) is 0 Å². The molecule has 0 aromatic rings. The van der Waals surface area contributed by atoms with E-state index in [4.69, 9.17) is 0 Å². The summed E-state index contributed by atoms with van der Waals surface area (Å²) in [6, 6.07) is 0. The third kappa shape index (κ3) is 3.18. The largest absolute Gasteiger partial charge is 0.298 e. The summed E-state index contributed by atoms with van der Waals surface area (Å²) in [5.74, 6) is 0. The van der Waals surface area contributed by atoms with Crippen molar-refractivity contribution < 1.29 is 0 Å². The van der Waals surface area contributed by atoms with Crippen LogP contribution in [0, 0.1) is 0 Å². The van der Waals surface area contributed by atoms with Gasteiger partial charge >= 0.3 is 0 Å². The van der Waals surface area contributed by atoms with E-state index in [-0.39, 0.29) is 0 Å². The summed E-state index contributed by atoms with van der Waals surface area (Å²) in [4.78, 5) is 6.76. The van der Waals surface area contributed by atoms with E-state index in [1.807, 2.05) is 19.2 Å². The first-order valence-electron chi connectivity index (χ1n) is 4.69. The Morgan fingerprint density at radius 2 is 2.08 bits per heavy atom. The van der Waals surface area contributed by atoms with Crippen molar-refractivity contribution in [1.29, 1.82) is 0 Å². The van der Waals surface area contributed by atoms with E-state index < -0.39 is 0 Å². The summed E-state index contributed by atoms with van der Waals surface area (Å²) in [5, 5.41) is 0. The molecule has 0 bridgehead atoms. The first kappa shape index (κ1) is 9.46. The quantitative estimate of drug-likeness (QED) is 0.586. The van der Waals surface area contributed by atoms with Crippen LogP contribution in [0.2, 0.25) is 0 Å². The average Bonchev–Trinajstić information content (AvgIpc) is 2.53. The Hall–Kier alpha value is -0.630. The molecule has 1 aliphatic heterocycles. The third-order valence-electron chi connectivity index (χ3n) is 2.10. The lowest BCUT2D eigenvalue weighted by molar-refractivity contribution is 0.387. The lowest BCUT2D eigenvalue weighted by Crippen LogP contribution is -2.25. The number of hydrogen-bond donors (Lipinski definition) is 0. The molecule has 0 spiro atoms. The summed E-state index contributed by atoms with van der Waals surface area (Å²) in [5.41, 5.74) is 1.22. The van der Waals surface area contributed by atoms with E-state index in [0.29, 0.717) is 0 Å². The lowest BCUT2D eigenvalue weighted by atomic mass is 10.4. The highest BCUT2D eigenvalue weighted by Gasteiger charge is 2.11. The van der Waals surface area contributed by atoms with Crippen molar-refractivity contribution in [1.82, 2.24) is 4.90 Å². The maximum atomic E-state index is 4.30. The van der Waals surface area contributed by atoms with Crippen LogP contribution in [0.5, 0.6) is 0 Å². The Morgan fingerprint density at radius 3 is 2.67 bits per heavy atom. The van der Waals surface area contributed by atoms with E-state index in [9.17, 15) is 0 Å². The van der Waals surface area contributed by atoms with Crippen LogP contribution in [-0.2, 0) is 0 Å². The van der Waals surface area contributed by atoms with Crippen molar-refractivity contribution in [2.24, 2.45) is 4.99 Å². The minimum absolute atomic E-state index is 1.05. The second-order valence-electron chi connectivity index (χ2n) is 3.33. The molecule has 0 saturated carbocycles. The molecule has 1 heterocycles. The van der Waals surface area contributed by atoms with Gasteiger partial charge in [-0.05, 0) is 39.8 Å². The van der Waals surface area contributed by atoms with E-state index in [1.54, 1.807) is 0 Å². The molecule has 0 aliphatic carbocycles. The molecule has 68 valence electrons. The van der Waals surface area contributed by atoms with Crippen LogP contribution >= 0.6 is 0 Å². The highest BCUT2D eigenvalue weighted by atomic mass is 15.1. The minimum Gasteiger partial charge on any atom is -0.298 e. The zero-order chi connectivity index (χ0) is 8.81. The fourth-order valence-corrected chi connectivity index (χ4v) is 1.51. The van der Waals surface area contributed by atoms with Gasteiger partial charge in [-0.3, -0.25) is 9.89 Å². The molecular weight excluding hydrogens is 148 g/mol. The number of likely N-dealkylation sites (tertiary alicyclic amines) is 1. The normalized spacial score (nSPS) is 21.0. The van der Waals surface area contributed by atoms with Crippen LogP contribution in [-0.4, -0.2) is 30.2 Å². The molecule has 0 aromatic heterocycles. The molecule has 12 heavy (non-hydrogen) atoms. The first-order chi connectivity index (χ1) is 5.83. The number of hydrogen-bond acceptors (Lipinski definition) is 2. The maximum Gasteiger partial charge on any atom is 0.0365 e. The van der Waals surface area contributed by atoms with E-state index >= 15 is 0 Å². The molecule has 2 heteroatoms. The molecule has 2 nitrogen and oxygen atoms in total. The van der Waals surface area contributed by atoms with Crippen molar-refractivity contribution in [3.63, 3.8) is 0 Å². The number of allylic oxidation sites excluding steroid dienone is 1. The zero-order valence-electron chi connectivity index (χ0n) is 8.08. The monoisotopic (exact) mass is 166 g/mol. The summed E-state index contributed by atoms with van der Waals surface area (Å²) in [7, 11) is 0. The molecule has 0 amide bonds. The molecule has 0 unspecified atom stereocenters. The number of nitrogens with zero attached hydrogens (tertiary/aromatic N) is 2. The molecule has 1 saturated heterocycles. The van der Waals surface area contributed by atoms with Gasteiger partial charge in [-0.2, -0.15) is 0 Å². The molecule has 1 rings (SSSR count). The molecule has 0 aromatic carbocycles. The van der Waals surface area contributed by atoms with Crippen molar-refractivity contribution in [2.75, 3.05) is 19.6 Å². The van der Waals surface area contributed by atoms with Gasteiger partial charge in [0.2, 0.25) is 0 Å². The predicted molar refractivity (Wildman–Crippen MR) is 53.6 cm³/mol. The standard InChI is InChI=1S/C10H18N2/c1-3-6-11-10(2)9-12-7-4-5-8-12/h3,6H,4-5,7-9H2,1-2H3/b6-3-,11-10?. The Kier molecular flexibility index (Phi) is 4.01. The van der Waals surface area contributed by atoms with Gasteiger partial charge in [0.1, 0.15) is 0 Å². The number of aliphatic imine (C=N–C) groups is 1. The lowest BCUT2D eigenvalue weighted by Gasteiger charge is -2.13. The Labute approximate surface area is 75.0 Å². The van der Waals surface area contributed by atoms with E-state index in [1.165, 1.54) is 31.6 Å². The fourth-order valence-electron chi connectivity index (χ4n) is 1.51. The van der Waals surface area contributed by atoms with Crippen LogP contribution in [0.3, 0.4) is 0 Å². The second-order valence-corrected chi connectivity index (χ2v) is 3.33. The summed E-state index contributed by atoms with van der Waals surface area (Å²) in [6.45, 7) is 7.64. The minimum atomic E-state index is 1.05. The maximum absolute atomic E-state index is 4.30. The number of rotatable bonds is 3. The molecule has 0 N–H and O–H groups in total. The topological polar surface area (TPSA) is 15.6 Å². The van der Waals surface area contributed by atoms with Crippen LogP contribution in [0.4, 0.5) is 0 Å². The summed E-state index contributed by atoms with van der Waals surface area (Å²) >= 11 is 0. The van der Waals surface area contributed by atoms with Gasteiger partial charge in [-0.15, -0.1) is 0 Å². The first-order valence-corrected chi connectivity index (χ1v) is 4.69. The Morgan fingerprint density at radius 1 is 1.42 bits per heavy atom. The van der Waals surface area contributed by atoms with Gasteiger partial charge in [0.05, 0.1) is 0 Å². The van der Waals surface area contributed by atoms with Crippen molar-refractivity contribution in [2.45, 2.75) is 26.7 Å². The van der Waals surface area contributed by atoms with E-state index in [2.05, 4.69) is 16.8 Å². The van der Waals surface area contributed by atoms with Crippen LogP contribution < -0.4 is 0 Å². The predicted octanol–water partition coefficient (Wildman–Crippen LogP) is 2.08. The van der Waals surface area contributed by atoms with Gasteiger partial charge < -0.3 is 0 Å². The van der Waals surface area contributed by atoms with Crippen molar-refractivity contribution >= 4 is 5.71 Å². The van der Waals surface area contributed by atoms with Crippen LogP contribution in [0.15, 0.2) is 17.3 Å². The molecule has 0 atom stereocenters. The van der Waals surface area contributed by atoms with Crippen molar-refractivity contribution in [3.8, 4) is 0 Å². The Balaban J connectivity index is 2.29. The van der Waals surface area contributed by atoms with Gasteiger partial charge in [0.15, 0.2) is 0 Å². The Bertz CT molecular complexity index is 176. The smallest absolute Gasteiger partial charge is 0.0365 e. The average molecular weight is 166 g/mol. The fraction of sp³-hybridized carbons (Fsp3) is 0.700. The summed E-state index contributed by atoms with van der Waals surface area (Å²) in [6.07, 6.45) is 6.55. The van der Waals surface area contributed by atoms with Gasteiger partial charge in [-0.25, -0.2) is 0 Å². The van der Waals surface area contributed by atoms with Crippen molar-refractivity contribution in [3.05, 3.63) is 12.3 Å². The van der Waals surface area contributed by atoms with Gasteiger partial charge in [-0.1, -0.05) is 6.08 Å². The van der Waals surface area contributed by atoms with Crippen LogP contribution in [0.1, 0.15) is 26.7 Å². The molecule has 1 fully saturated rings. The van der Waals surface area contributed by atoms with Gasteiger partial charge in [0.25, 0.3) is 0 Å². The second kappa shape index (κ2) is 5.09. The summed E-state index contributed by atoms with van der Waals surface area (Å²) < 4.78 is 0. The SMILES string of the molecule is C/C=C\N=C(C)CN1CCCC1. The zero-order valence-corrected chi connectivity index (χ0v) is 8.08. The van der Waals surface area contributed by atoms with Gasteiger partial charge in [0, 0.05) is 18.5 Å². The third-order valence-corrected chi connectivity index (χ3v) is 2.10. The molecular formula is C10H18N2. The molecule has 0 radical (unpaired) electrons. The highest BCUT2D eigenvalue weighted by molar-refractivity contribution is 5.84. The van der Waals surface area contributed by atoms with E-state index in [0.717, 1.165) is 6.54 Å².